The van der Waals surface area contributed by atoms with E-state index in [1.807, 2.05) is 32.4 Å². The topological polar surface area (TPSA) is 24.9 Å². The number of aromatic nitrogens is 1. The fourth-order valence-corrected chi connectivity index (χ4v) is 1.69. The quantitative estimate of drug-likeness (QED) is 0.739. The Morgan fingerprint density at radius 3 is 2.94 bits per heavy atom. The van der Waals surface area contributed by atoms with E-state index in [1.165, 1.54) is 5.56 Å². The monoisotopic (exact) mass is 216 g/mol. The van der Waals surface area contributed by atoms with Crippen molar-refractivity contribution < 1.29 is 0 Å². The molecule has 0 aliphatic rings. The highest BCUT2D eigenvalue weighted by Crippen LogP contribution is 2.07. The van der Waals surface area contributed by atoms with Crippen LogP contribution < -0.4 is 5.32 Å². The van der Waals surface area contributed by atoms with Crippen molar-refractivity contribution >= 4 is 0 Å². The summed E-state index contributed by atoms with van der Waals surface area (Å²) in [6.07, 6.45) is 8.09. The number of pyridine rings is 1. The normalized spacial score (nSPS) is 11.6. The van der Waals surface area contributed by atoms with Crippen LogP contribution in [0.3, 0.4) is 0 Å². The highest BCUT2D eigenvalue weighted by atomic mass is 14.9. The van der Waals surface area contributed by atoms with Gasteiger partial charge in [0.15, 0.2) is 0 Å². The molecule has 2 nitrogen and oxygen atoms in total. The molecule has 2 heteroatoms. The maximum absolute atomic E-state index is 4.12. The second-order valence-electron chi connectivity index (χ2n) is 3.85. The molecule has 1 aromatic heterocycles. The van der Waals surface area contributed by atoms with E-state index in [-0.39, 0.29) is 0 Å². The Morgan fingerprint density at radius 1 is 1.44 bits per heavy atom. The average molecular weight is 216 g/mol. The van der Waals surface area contributed by atoms with E-state index in [1.54, 1.807) is 0 Å². The van der Waals surface area contributed by atoms with Gasteiger partial charge in [-0.2, -0.15) is 0 Å². The van der Waals surface area contributed by atoms with Crippen molar-refractivity contribution in [2.45, 2.75) is 38.6 Å². The van der Waals surface area contributed by atoms with Crippen LogP contribution in [0.2, 0.25) is 0 Å². The minimum atomic E-state index is 0.557. The van der Waals surface area contributed by atoms with Crippen molar-refractivity contribution in [1.29, 1.82) is 0 Å². The van der Waals surface area contributed by atoms with Gasteiger partial charge in [-0.15, -0.1) is 11.8 Å². The first-order chi connectivity index (χ1) is 7.86. The predicted octanol–water partition coefficient (Wildman–Crippen LogP) is 2.41. The fraction of sp³-hybridized carbons (Fsp3) is 0.500. The molecular weight excluding hydrogens is 196 g/mol. The van der Waals surface area contributed by atoms with Crippen LogP contribution in [0.5, 0.6) is 0 Å². The lowest BCUT2D eigenvalue weighted by Gasteiger charge is -2.14. The van der Waals surface area contributed by atoms with Crippen LogP contribution in [0, 0.1) is 11.8 Å². The number of hydrogen-bond acceptors (Lipinski definition) is 2. The first kappa shape index (κ1) is 12.7. The van der Waals surface area contributed by atoms with Crippen LogP contribution in [0.25, 0.3) is 0 Å². The van der Waals surface area contributed by atoms with E-state index < -0.39 is 0 Å². The van der Waals surface area contributed by atoms with Crippen LogP contribution in [0.1, 0.15) is 31.7 Å². The van der Waals surface area contributed by atoms with Crippen LogP contribution in [-0.2, 0) is 6.42 Å². The third-order valence-corrected chi connectivity index (χ3v) is 2.71. The second-order valence-corrected chi connectivity index (χ2v) is 3.85. The smallest absolute Gasteiger partial charge is 0.0299 e. The summed E-state index contributed by atoms with van der Waals surface area (Å²) >= 11 is 0. The maximum atomic E-state index is 4.12. The van der Waals surface area contributed by atoms with Crippen molar-refractivity contribution in [1.82, 2.24) is 10.3 Å². The summed E-state index contributed by atoms with van der Waals surface area (Å²) in [4.78, 5) is 4.12. The molecule has 0 fully saturated rings. The Hall–Kier alpha value is -1.33. The van der Waals surface area contributed by atoms with Crippen molar-refractivity contribution in [2.24, 2.45) is 0 Å². The first-order valence-electron chi connectivity index (χ1n) is 5.82. The van der Waals surface area contributed by atoms with Gasteiger partial charge in [0, 0.05) is 24.9 Å². The van der Waals surface area contributed by atoms with Crippen molar-refractivity contribution in [3.05, 3.63) is 30.1 Å². The molecule has 1 rings (SSSR count). The third-order valence-electron chi connectivity index (χ3n) is 2.71. The molecule has 1 atom stereocenters. The molecule has 0 spiro atoms. The Labute approximate surface area is 98.5 Å². The van der Waals surface area contributed by atoms with E-state index in [4.69, 9.17) is 0 Å². The summed E-state index contributed by atoms with van der Waals surface area (Å²) in [7, 11) is 2.02. The largest absolute Gasteiger partial charge is 0.317 e. The third kappa shape index (κ3) is 4.95. The van der Waals surface area contributed by atoms with Gasteiger partial charge in [-0.1, -0.05) is 6.07 Å². The SMILES string of the molecule is CC#CCCC(CCc1cccnc1)NC. The van der Waals surface area contributed by atoms with Crippen molar-refractivity contribution in [2.75, 3.05) is 7.05 Å². The predicted molar refractivity (Wildman–Crippen MR) is 68.1 cm³/mol. The van der Waals surface area contributed by atoms with E-state index in [2.05, 4.69) is 28.2 Å². The zero-order valence-corrected chi connectivity index (χ0v) is 10.2. The van der Waals surface area contributed by atoms with E-state index >= 15 is 0 Å². The van der Waals surface area contributed by atoms with Gasteiger partial charge < -0.3 is 5.32 Å². The van der Waals surface area contributed by atoms with Crippen molar-refractivity contribution in [3.63, 3.8) is 0 Å². The molecule has 16 heavy (non-hydrogen) atoms. The fourth-order valence-electron chi connectivity index (χ4n) is 1.69. The summed E-state index contributed by atoms with van der Waals surface area (Å²) in [5.74, 6) is 6.04. The molecule has 0 aliphatic carbocycles. The molecule has 0 saturated heterocycles. The lowest BCUT2D eigenvalue weighted by atomic mass is 10.0. The summed E-state index contributed by atoms with van der Waals surface area (Å²) < 4.78 is 0. The summed E-state index contributed by atoms with van der Waals surface area (Å²) in [6, 6.07) is 4.68. The van der Waals surface area contributed by atoms with Crippen LogP contribution >= 0.6 is 0 Å². The molecule has 0 aromatic carbocycles. The van der Waals surface area contributed by atoms with Crippen LogP contribution in [0.15, 0.2) is 24.5 Å². The van der Waals surface area contributed by atoms with Crippen LogP contribution in [-0.4, -0.2) is 18.1 Å². The molecule has 0 bridgehead atoms. The van der Waals surface area contributed by atoms with Gasteiger partial charge in [0.1, 0.15) is 0 Å². The zero-order valence-electron chi connectivity index (χ0n) is 10.2. The highest BCUT2D eigenvalue weighted by Gasteiger charge is 2.05. The van der Waals surface area contributed by atoms with Crippen molar-refractivity contribution in [3.8, 4) is 11.8 Å². The molecule has 1 aromatic rings. The molecule has 86 valence electrons. The Bertz CT molecular complexity index is 335. The van der Waals surface area contributed by atoms with Gasteiger partial charge in [0.2, 0.25) is 0 Å². The molecule has 1 N–H and O–H groups in total. The maximum Gasteiger partial charge on any atom is 0.0299 e. The number of hydrogen-bond donors (Lipinski definition) is 1. The minimum absolute atomic E-state index is 0.557. The first-order valence-corrected chi connectivity index (χ1v) is 5.82. The number of aryl methyl sites for hydroxylation is 1. The summed E-state index contributed by atoms with van der Waals surface area (Å²) in [5.41, 5.74) is 1.31. The number of nitrogens with one attached hydrogen (secondary N) is 1. The lowest BCUT2D eigenvalue weighted by Crippen LogP contribution is -2.25. The van der Waals surface area contributed by atoms with E-state index in [0.717, 1.165) is 25.7 Å². The molecule has 0 radical (unpaired) electrons. The van der Waals surface area contributed by atoms with Gasteiger partial charge in [-0.3, -0.25) is 4.98 Å². The van der Waals surface area contributed by atoms with E-state index in [0.29, 0.717) is 6.04 Å². The van der Waals surface area contributed by atoms with Gasteiger partial charge in [0.25, 0.3) is 0 Å². The second kappa shape index (κ2) is 7.90. The van der Waals surface area contributed by atoms with Gasteiger partial charge >= 0.3 is 0 Å². The van der Waals surface area contributed by atoms with Gasteiger partial charge in [-0.05, 0) is 44.9 Å². The van der Waals surface area contributed by atoms with E-state index in [9.17, 15) is 0 Å². The molecule has 1 unspecified atom stereocenters. The Morgan fingerprint density at radius 2 is 2.31 bits per heavy atom. The number of nitrogens with zero attached hydrogens (tertiary/aromatic N) is 1. The zero-order chi connectivity index (χ0) is 11.6. The molecule has 0 amide bonds. The molecular formula is C14H20N2. The minimum Gasteiger partial charge on any atom is -0.317 e. The van der Waals surface area contributed by atoms with Gasteiger partial charge in [0.05, 0.1) is 0 Å². The highest BCUT2D eigenvalue weighted by molar-refractivity contribution is 5.08. The lowest BCUT2D eigenvalue weighted by molar-refractivity contribution is 0.495. The average Bonchev–Trinajstić information content (AvgIpc) is 2.35. The standard InChI is InChI=1S/C14H20N2/c1-3-4-5-8-14(15-2)10-9-13-7-6-11-16-12-13/h6-7,11-12,14-15H,5,8-10H2,1-2H3. The molecule has 0 aliphatic heterocycles. The summed E-state index contributed by atoms with van der Waals surface area (Å²) in [6.45, 7) is 1.89. The van der Waals surface area contributed by atoms with Crippen LogP contribution in [0.4, 0.5) is 0 Å². The Kier molecular flexibility index (Phi) is 6.29. The molecule has 1 heterocycles. The Balaban J connectivity index is 2.30. The number of rotatable bonds is 6. The van der Waals surface area contributed by atoms with Gasteiger partial charge in [-0.25, -0.2) is 0 Å². The molecule has 0 saturated carbocycles. The summed E-state index contributed by atoms with van der Waals surface area (Å²) in [5, 5.41) is 3.34.